The third-order valence-electron chi connectivity index (χ3n) is 2.31. The summed E-state index contributed by atoms with van der Waals surface area (Å²) in [7, 11) is 0. The topological polar surface area (TPSA) is 64.3 Å². The van der Waals surface area contributed by atoms with Gasteiger partial charge in [-0.15, -0.1) is 12.4 Å². The quantitative estimate of drug-likeness (QED) is 0.832. The number of hydrogen-bond acceptors (Lipinski definition) is 3. The van der Waals surface area contributed by atoms with Gasteiger partial charge in [-0.1, -0.05) is 0 Å². The van der Waals surface area contributed by atoms with Crippen molar-refractivity contribution in [3.05, 3.63) is 29.8 Å². The Morgan fingerprint density at radius 1 is 1.39 bits per heavy atom. The van der Waals surface area contributed by atoms with Gasteiger partial charge in [0.1, 0.15) is 5.75 Å². The van der Waals surface area contributed by atoms with Crippen LogP contribution in [0.4, 0.5) is 0 Å². The molecule has 0 aliphatic carbocycles. The Morgan fingerprint density at radius 3 is 2.50 bits per heavy atom. The molecule has 0 heterocycles. The first-order valence-corrected chi connectivity index (χ1v) is 5.90. The van der Waals surface area contributed by atoms with Crippen LogP contribution >= 0.6 is 12.4 Å². The lowest BCUT2D eigenvalue weighted by Gasteiger charge is -2.08. The number of rotatable bonds is 6. The summed E-state index contributed by atoms with van der Waals surface area (Å²) in [5.74, 6) is 0.702. The van der Waals surface area contributed by atoms with E-state index >= 15 is 0 Å². The molecule has 0 radical (unpaired) electrons. The summed E-state index contributed by atoms with van der Waals surface area (Å²) in [6.07, 6.45) is 0.781. The van der Waals surface area contributed by atoms with Crippen LogP contribution in [0.1, 0.15) is 30.6 Å². The van der Waals surface area contributed by atoms with Crippen LogP contribution in [0.25, 0.3) is 0 Å². The number of ether oxygens (including phenoxy) is 1. The van der Waals surface area contributed by atoms with Crippen molar-refractivity contribution in [1.82, 2.24) is 5.32 Å². The number of carbonyl (C=O) groups excluding carboxylic acids is 1. The molecule has 18 heavy (non-hydrogen) atoms. The van der Waals surface area contributed by atoms with Crippen molar-refractivity contribution in [3.63, 3.8) is 0 Å². The van der Waals surface area contributed by atoms with Crippen molar-refractivity contribution < 1.29 is 9.53 Å². The number of nitrogens with two attached hydrogens (primary N) is 1. The predicted molar refractivity (Wildman–Crippen MR) is 75.5 cm³/mol. The van der Waals surface area contributed by atoms with E-state index in [2.05, 4.69) is 5.32 Å². The minimum absolute atomic E-state index is 0. The fraction of sp³-hybridized carbons (Fsp3) is 0.462. The van der Waals surface area contributed by atoms with E-state index in [0.717, 1.165) is 12.2 Å². The van der Waals surface area contributed by atoms with E-state index in [1.807, 2.05) is 13.8 Å². The lowest BCUT2D eigenvalue weighted by atomic mass is 10.2. The average molecular weight is 273 g/mol. The molecule has 3 N–H and O–H groups in total. The summed E-state index contributed by atoms with van der Waals surface area (Å²) < 4.78 is 5.30. The Kier molecular flexibility index (Phi) is 8.16. The zero-order chi connectivity index (χ0) is 12.7. The number of hydrogen-bond donors (Lipinski definition) is 2. The zero-order valence-electron chi connectivity index (χ0n) is 10.8. The summed E-state index contributed by atoms with van der Waals surface area (Å²) in [4.78, 5) is 11.7. The van der Waals surface area contributed by atoms with Crippen LogP contribution in [0.15, 0.2) is 24.3 Å². The van der Waals surface area contributed by atoms with Crippen molar-refractivity contribution in [3.8, 4) is 5.75 Å². The van der Waals surface area contributed by atoms with Crippen LogP contribution in [0, 0.1) is 0 Å². The Bertz CT molecular complexity index is 353. The average Bonchev–Trinajstić information content (AvgIpc) is 2.30. The van der Waals surface area contributed by atoms with E-state index in [0.29, 0.717) is 18.7 Å². The number of amides is 1. The number of benzene rings is 1. The molecule has 1 aromatic carbocycles. The van der Waals surface area contributed by atoms with Crippen LogP contribution in [0.5, 0.6) is 5.75 Å². The smallest absolute Gasteiger partial charge is 0.251 e. The number of nitrogens with one attached hydrogen (secondary N) is 1. The van der Waals surface area contributed by atoms with Gasteiger partial charge in [-0.3, -0.25) is 4.79 Å². The van der Waals surface area contributed by atoms with E-state index in [4.69, 9.17) is 10.5 Å². The third kappa shape index (κ3) is 5.89. The lowest BCUT2D eigenvalue weighted by molar-refractivity contribution is 0.0953. The number of carbonyl (C=O) groups is 1. The second-order valence-corrected chi connectivity index (χ2v) is 3.98. The van der Waals surface area contributed by atoms with Crippen molar-refractivity contribution in [1.29, 1.82) is 0 Å². The van der Waals surface area contributed by atoms with Gasteiger partial charge in [0.25, 0.3) is 5.91 Å². The van der Waals surface area contributed by atoms with Gasteiger partial charge >= 0.3 is 0 Å². The molecular weight excluding hydrogens is 252 g/mol. The molecule has 0 saturated carbocycles. The van der Waals surface area contributed by atoms with E-state index in [9.17, 15) is 4.79 Å². The first-order valence-electron chi connectivity index (χ1n) is 5.90. The summed E-state index contributed by atoms with van der Waals surface area (Å²) in [6, 6.07) is 7.21. The van der Waals surface area contributed by atoms with Crippen molar-refractivity contribution in [2.75, 3.05) is 13.2 Å². The molecule has 0 spiro atoms. The van der Waals surface area contributed by atoms with Gasteiger partial charge in [-0.2, -0.15) is 0 Å². The standard InChI is InChI=1S/C13H20N2O2.ClH/c1-3-17-12-6-4-11(5-7-12)13(16)15-9-8-10(2)14;/h4-7,10H,3,8-9,14H2,1-2H3,(H,15,16);1H. The van der Waals surface area contributed by atoms with Crippen molar-refractivity contribution in [2.45, 2.75) is 26.3 Å². The maximum absolute atomic E-state index is 11.7. The van der Waals surface area contributed by atoms with Crippen LogP contribution in [0.2, 0.25) is 0 Å². The monoisotopic (exact) mass is 272 g/mol. The molecular formula is C13H21ClN2O2. The van der Waals surface area contributed by atoms with E-state index in [1.54, 1.807) is 24.3 Å². The molecule has 1 amide bonds. The number of halogens is 1. The lowest BCUT2D eigenvalue weighted by Crippen LogP contribution is -2.28. The Labute approximate surface area is 114 Å². The van der Waals surface area contributed by atoms with E-state index in [-0.39, 0.29) is 24.4 Å². The molecule has 1 rings (SSSR count). The molecule has 1 atom stereocenters. The van der Waals surface area contributed by atoms with Gasteiger partial charge in [-0.25, -0.2) is 0 Å². The maximum Gasteiger partial charge on any atom is 0.251 e. The SMILES string of the molecule is CCOc1ccc(C(=O)NCCC(C)N)cc1.Cl. The van der Waals surface area contributed by atoms with E-state index in [1.165, 1.54) is 0 Å². The summed E-state index contributed by atoms with van der Waals surface area (Å²) in [5.41, 5.74) is 6.24. The van der Waals surface area contributed by atoms with Gasteiger partial charge in [0.15, 0.2) is 0 Å². The van der Waals surface area contributed by atoms with Gasteiger partial charge in [0.05, 0.1) is 6.61 Å². The molecule has 0 fully saturated rings. The largest absolute Gasteiger partial charge is 0.494 e. The molecule has 1 aromatic rings. The first-order chi connectivity index (χ1) is 8.13. The Hall–Kier alpha value is -1.26. The van der Waals surface area contributed by atoms with E-state index < -0.39 is 0 Å². The van der Waals surface area contributed by atoms with Gasteiger partial charge in [-0.05, 0) is 44.5 Å². The molecule has 1 unspecified atom stereocenters. The molecule has 102 valence electrons. The summed E-state index contributed by atoms with van der Waals surface area (Å²) in [5, 5.41) is 2.82. The second-order valence-electron chi connectivity index (χ2n) is 3.98. The highest BCUT2D eigenvalue weighted by molar-refractivity contribution is 5.94. The predicted octanol–water partition coefficient (Wildman–Crippen LogP) is 1.97. The second kappa shape index (κ2) is 8.78. The normalized spacial score (nSPS) is 11.3. The highest BCUT2D eigenvalue weighted by atomic mass is 35.5. The molecule has 0 saturated heterocycles. The molecule has 0 aromatic heterocycles. The van der Waals surface area contributed by atoms with Gasteiger partial charge in [0, 0.05) is 18.2 Å². The highest BCUT2D eigenvalue weighted by Crippen LogP contribution is 2.11. The van der Waals surface area contributed by atoms with Crippen molar-refractivity contribution >= 4 is 18.3 Å². The van der Waals surface area contributed by atoms with Crippen LogP contribution < -0.4 is 15.8 Å². The van der Waals surface area contributed by atoms with Crippen LogP contribution in [-0.4, -0.2) is 25.1 Å². The van der Waals surface area contributed by atoms with Crippen molar-refractivity contribution in [2.24, 2.45) is 5.73 Å². The highest BCUT2D eigenvalue weighted by Gasteiger charge is 2.05. The molecule has 0 aliphatic rings. The summed E-state index contributed by atoms with van der Waals surface area (Å²) in [6.45, 7) is 5.07. The zero-order valence-corrected chi connectivity index (χ0v) is 11.6. The van der Waals surface area contributed by atoms with Gasteiger partial charge in [0.2, 0.25) is 0 Å². The minimum atomic E-state index is -0.0753. The Morgan fingerprint density at radius 2 is 2.00 bits per heavy atom. The van der Waals surface area contributed by atoms with Gasteiger partial charge < -0.3 is 15.8 Å². The fourth-order valence-electron chi connectivity index (χ4n) is 1.38. The fourth-order valence-corrected chi connectivity index (χ4v) is 1.38. The van der Waals surface area contributed by atoms with Crippen LogP contribution in [-0.2, 0) is 0 Å². The third-order valence-corrected chi connectivity index (χ3v) is 2.31. The molecule has 5 heteroatoms. The maximum atomic E-state index is 11.7. The van der Waals surface area contributed by atoms with Crippen LogP contribution in [0.3, 0.4) is 0 Å². The first kappa shape index (κ1) is 16.7. The molecule has 4 nitrogen and oxygen atoms in total. The molecule has 0 bridgehead atoms. The Balaban J connectivity index is 0.00000289. The molecule has 0 aliphatic heterocycles. The minimum Gasteiger partial charge on any atom is -0.494 e. The summed E-state index contributed by atoms with van der Waals surface area (Å²) >= 11 is 0.